The van der Waals surface area contributed by atoms with E-state index in [0.29, 0.717) is 10.8 Å². The number of nitrogens with zero attached hydrogens (tertiary/aromatic N) is 2. The van der Waals surface area contributed by atoms with Gasteiger partial charge in [-0.3, -0.25) is 13.9 Å². The summed E-state index contributed by atoms with van der Waals surface area (Å²) in [5.41, 5.74) is 1.86. The van der Waals surface area contributed by atoms with E-state index in [1.807, 2.05) is 30.3 Å². The van der Waals surface area contributed by atoms with Crippen molar-refractivity contribution in [2.24, 2.45) is 0 Å². The Kier molecular flexibility index (Phi) is 10.2. The van der Waals surface area contributed by atoms with E-state index in [1.165, 1.54) is 31.2 Å². The van der Waals surface area contributed by atoms with Crippen LogP contribution in [0.1, 0.15) is 11.1 Å². The lowest BCUT2D eigenvalue weighted by atomic mass is 10.0. The molecule has 0 saturated heterocycles. The van der Waals surface area contributed by atoms with Crippen LogP contribution in [0.4, 0.5) is 5.69 Å². The SMILES string of the molecule is CNC(=O)[C@@H](Cc1ccccc1)N(Cc1ccc(Cl)cc1)C(=O)CN(c1ccc(OC)cc1)S(=O)(=O)c1ccccc1. The zero-order valence-electron chi connectivity index (χ0n) is 23.3. The lowest BCUT2D eigenvalue weighted by molar-refractivity contribution is -0.139. The van der Waals surface area contributed by atoms with Gasteiger partial charge in [-0.05, 0) is 59.7 Å². The van der Waals surface area contributed by atoms with E-state index in [0.717, 1.165) is 15.4 Å². The van der Waals surface area contributed by atoms with Crippen LogP contribution in [-0.2, 0) is 32.6 Å². The van der Waals surface area contributed by atoms with Crippen molar-refractivity contribution in [3.63, 3.8) is 0 Å². The molecule has 4 aromatic carbocycles. The van der Waals surface area contributed by atoms with E-state index in [-0.39, 0.29) is 29.5 Å². The van der Waals surface area contributed by atoms with Crippen LogP contribution in [-0.4, -0.2) is 51.9 Å². The van der Waals surface area contributed by atoms with Crippen LogP contribution in [0.15, 0.2) is 114 Å². The summed E-state index contributed by atoms with van der Waals surface area (Å²) in [6.07, 6.45) is 0.230. The molecule has 0 unspecified atom stereocenters. The highest BCUT2D eigenvalue weighted by Gasteiger charge is 2.34. The number of ether oxygens (including phenoxy) is 1. The molecule has 0 aliphatic heterocycles. The first-order chi connectivity index (χ1) is 20.2. The van der Waals surface area contributed by atoms with Gasteiger partial charge in [0, 0.05) is 25.0 Å². The number of halogens is 1. The maximum atomic E-state index is 14.2. The number of carbonyl (C=O) groups is 2. The normalized spacial score (nSPS) is 11.8. The predicted molar refractivity (Wildman–Crippen MR) is 164 cm³/mol. The van der Waals surface area contributed by atoms with Crippen molar-refractivity contribution in [2.75, 3.05) is 25.0 Å². The topological polar surface area (TPSA) is 96.0 Å². The Morgan fingerprint density at radius 2 is 1.43 bits per heavy atom. The summed E-state index contributed by atoms with van der Waals surface area (Å²) in [6, 6.07) is 29.7. The van der Waals surface area contributed by atoms with Crippen LogP contribution in [0.5, 0.6) is 5.75 Å². The third-order valence-corrected chi connectivity index (χ3v) is 8.79. The van der Waals surface area contributed by atoms with Gasteiger partial charge in [-0.15, -0.1) is 0 Å². The summed E-state index contributed by atoms with van der Waals surface area (Å²) in [7, 11) is -1.14. The number of sulfonamides is 1. The molecule has 0 radical (unpaired) electrons. The fourth-order valence-corrected chi connectivity index (χ4v) is 6.07. The number of anilines is 1. The van der Waals surface area contributed by atoms with Gasteiger partial charge in [-0.1, -0.05) is 72.3 Å². The largest absolute Gasteiger partial charge is 0.497 e. The van der Waals surface area contributed by atoms with E-state index < -0.39 is 28.5 Å². The molecule has 1 N–H and O–H groups in total. The van der Waals surface area contributed by atoms with Crippen molar-refractivity contribution in [1.29, 1.82) is 0 Å². The van der Waals surface area contributed by atoms with E-state index >= 15 is 0 Å². The quantitative estimate of drug-likeness (QED) is 0.247. The summed E-state index contributed by atoms with van der Waals surface area (Å²) in [5, 5.41) is 3.20. The molecule has 42 heavy (non-hydrogen) atoms. The number of likely N-dealkylation sites (N-methyl/N-ethyl adjacent to an activating group) is 1. The number of carbonyl (C=O) groups excluding carboxylic acids is 2. The Morgan fingerprint density at radius 1 is 0.833 bits per heavy atom. The molecule has 0 spiro atoms. The Bertz CT molecular complexity index is 1580. The van der Waals surface area contributed by atoms with Crippen molar-refractivity contribution in [3.8, 4) is 5.75 Å². The molecule has 0 heterocycles. The maximum Gasteiger partial charge on any atom is 0.264 e. The van der Waals surface area contributed by atoms with E-state index in [2.05, 4.69) is 5.32 Å². The van der Waals surface area contributed by atoms with Crippen molar-refractivity contribution in [2.45, 2.75) is 23.9 Å². The maximum absolute atomic E-state index is 14.2. The average molecular weight is 606 g/mol. The summed E-state index contributed by atoms with van der Waals surface area (Å²) >= 11 is 6.09. The lowest BCUT2D eigenvalue weighted by Gasteiger charge is -2.33. The van der Waals surface area contributed by atoms with Crippen molar-refractivity contribution in [3.05, 3.63) is 125 Å². The van der Waals surface area contributed by atoms with Gasteiger partial charge in [0.2, 0.25) is 11.8 Å². The molecule has 0 fully saturated rings. The zero-order valence-corrected chi connectivity index (χ0v) is 24.9. The number of hydrogen-bond acceptors (Lipinski definition) is 5. The van der Waals surface area contributed by atoms with Crippen LogP contribution in [0.3, 0.4) is 0 Å². The summed E-state index contributed by atoms with van der Waals surface area (Å²) in [6.45, 7) is -0.484. The monoisotopic (exact) mass is 605 g/mol. The van der Waals surface area contributed by atoms with Gasteiger partial charge in [0.1, 0.15) is 18.3 Å². The average Bonchev–Trinajstić information content (AvgIpc) is 3.03. The molecular formula is C32H32ClN3O5S. The molecule has 0 aromatic heterocycles. The minimum atomic E-state index is -4.16. The second-order valence-electron chi connectivity index (χ2n) is 9.49. The van der Waals surface area contributed by atoms with E-state index in [1.54, 1.807) is 66.7 Å². The molecule has 4 rings (SSSR count). The Morgan fingerprint density at radius 3 is 2.00 bits per heavy atom. The number of methoxy groups -OCH3 is 1. The van der Waals surface area contributed by atoms with Crippen LogP contribution < -0.4 is 14.4 Å². The first-order valence-corrected chi connectivity index (χ1v) is 15.1. The Balaban J connectivity index is 1.77. The molecule has 1 atom stereocenters. The second-order valence-corrected chi connectivity index (χ2v) is 11.8. The summed E-state index contributed by atoms with van der Waals surface area (Å²) in [4.78, 5) is 29.0. The highest BCUT2D eigenvalue weighted by molar-refractivity contribution is 7.92. The zero-order chi connectivity index (χ0) is 30.1. The molecule has 8 nitrogen and oxygen atoms in total. The van der Waals surface area contributed by atoms with Gasteiger partial charge in [0.25, 0.3) is 10.0 Å². The number of rotatable bonds is 12. The molecule has 2 amide bonds. The number of hydrogen-bond donors (Lipinski definition) is 1. The number of amides is 2. The van der Waals surface area contributed by atoms with Crippen LogP contribution in [0.2, 0.25) is 5.02 Å². The van der Waals surface area contributed by atoms with Gasteiger partial charge in [0.05, 0.1) is 17.7 Å². The Labute approximate surface area is 251 Å². The third kappa shape index (κ3) is 7.48. The van der Waals surface area contributed by atoms with Crippen LogP contribution >= 0.6 is 11.6 Å². The number of benzene rings is 4. The highest BCUT2D eigenvalue weighted by Crippen LogP contribution is 2.27. The van der Waals surface area contributed by atoms with Crippen molar-refractivity contribution >= 4 is 39.1 Å². The predicted octanol–water partition coefficient (Wildman–Crippen LogP) is 4.93. The highest BCUT2D eigenvalue weighted by atomic mass is 35.5. The Hall–Kier alpha value is -4.34. The van der Waals surface area contributed by atoms with Crippen LogP contribution in [0.25, 0.3) is 0 Å². The summed E-state index contributed by atoms with van der Waals surface area (Å²) < 4.78 is 34.1. The van der Waals surface area contributed by atoms with Gasteiger partial charge in [-0.2, -0.15) is 0 Å². The number of nitrogens with one attached hydrogen (secondary N) is 1. The van der Waals surface area contributed by atoms with E-state index in [4.69, 9.17) is 16.3 Å². The third-order valence-electron chi connectivity index (χ3n) is 6.75. The molecule has 10 heteroatoms. The molecule has 0 aliphatic rings. The van der Waals surface area contributed by atoms with Gasteiger partial charge in [-0.25, -0.2) is 8.42 Å². The summed E-state index contributed by atoms with van der Waals surface area (Å²) in [5.74, 6) is -0.387. The standard InChI is InChI=1S/C32H32ClN3O5S/c1-34-32(38)30(21-24-9-5-3-6-10-24)35(22-25-13-15-26(33)16-14-25)31(37)23-36(27-17-19-28(41-2)20-18-27)42(39,40)29-11-7-4-8-12-29/h3-20,30H,21-23H2,1-2H3,(H,34,38)/t30-/m1/s1. The minimum Gasteiger partial charge on any atom is -0.497 e. The van der Waals surface area contributed by atoms with Crippen molar-refractivity contribution in [1.82, 2.24) is 10.2 Å². The molecule has 0 aliphatic carbocycles. The van der Waals surface area contributed by atoms with Gasteiger partial charge in [0.15, 0.2) is 0 Å². The fourth-order valence-electron chi connectivity index (χ4n) is 4.50. The fraction of sp³-hybridized carbons (Fsp3) is 0.188. The first-order valence-electron chi connectivity index (χ1n) is 13.2. The van der Waals surface area contributed by atoms with Crippen LogP contribution in [0, 0.1) is 0 Å². The van der Waals surface area contributed by atoms with E-state index in [9.17, 15) is 18.0 Å². The molecular weight excluding hydrogens is 574 g/mol. The van der Waals surface area contributed by atoms with Gasteiger partial charge >= 0.3 is 0 Å². The first kappa shape index (κ1) is 30.6. The molecule has 0 saturated carbocycles. The molecule has 0 bridgehead atoms. The van der Waals surface area contributed by atoms with Gasteiger partial charge < -0.3 is 15.0 Å². The molecule has 218 valence electrons. The second kappa shape index (κ2) is 14.0. The smallest absolute Gasteiger partial charge is 0.264 e. The molecule has 4 aromatic rings. The lowest BCUT2D eigenvalue weighted by Crippen LogP contribution is -2.53. The minimum absolute atomic E-state index is 0.0324. The van der Waals surface area contributed by atoms with Crippen molar-refractivity contribution < 1.29 is 22.7 Å².